The Labute approximate surface area is 109 Å². The fourth-order valence-corrected chi connectivity index (χ4v) is 2.53. The third kappa shape index (κ3) is 3.00. The van der Waals surface area contributed by atoms with E-state index in [0.717, 1.165) is 17.9 Å². The lowest BCUT2D eigenvalue weighted by molar-refractivity contribution is 0.220. The lowest BCUT2D eigenvalue weighted by atomic mass is 10.0. The molecular formula is C14H23N3O. The van der Waals surface area contributed by atoms with Crippen LogP contribution in [0.15, 0.2) is 18.3 Å². The molecule has 4 heteroatoms. The summed E-state index contributed by atoms with van der Waals surface area (Å²) >= 11 is 0. The second kappa shape index (κ2) is 6.16. The van der Waals surface area contributed by atoms with Crippen LogP contribution in [0.3, 0.4) is 0 Å². The van der Waals surface area contributed by atoms with E-state index in [1.54, 1.807) is 6.20 Å². The Morgan fingerprint density at radius 3 is 2.61 bits per heavy atom. The van der Waals surface area contributed by atoms with Crippen molar-refractivity contribution in [1.82, 2.24) is 9.88 Å². The fraction of sp³-hybridized carbons (Fsp3) is 0.643. The number of anilines is 1. The highest BCUT2D eigenvalue weighted by Gasteiger charge is 2.22. The molecule has 1 fully saturated rings. The zero-order chi connectivity index (χ0) is 13.0. The van der Waals surface area contributed by atoms with Crippen molar-refractivity contribution in [1.29, 1.82) is 0 Å². The van der Waals surface area contributed by atoms with Gasteiger partial charge in [-0.15, -0.1) is 0 Å². The molecule has 1 aromatic heterocycles. The first-order valence-electron chi connectivity index (χ1n) is 6.75. The van der Waals surface area contributed by atoms with E-state index in [4.69, 9.17) is 5.11 Å². The molecule has 4 nitrogen and oxygen atoms in total. The number of aromatic nitrogens is 1. The summed E-state index contributed by atoms with van der Waals surface area (Å²) in [5, 5.41) is 9.01. The zero-order valence-corrected chi connectivity index (χ0v) is 11.3. The minimum atomic E-state index is 0.0614. The summed E-state index contributed by atoms with van der Waals surface area (Å²) in [4.78, 5) is 9.18. The molecule has 0 bridgehead atoms. The van der Waals surface area contributed by atoms with Gasteiger partial charge in [-0.1, -0.05) is 13.0 Å². The van der Waals surface area contributed by atoms with E-state index in [9.17, 15) is 0 Å². The van der Waals surface area contributed by atoms with Gasteiger partial charge in [0.05, 0.1) is 6.61 Å². The van der Waals surface area contributed by atoms with E-state index in [1.807, 2.05) is 12.1 Å². The van der Waals surface area contributed by atoms with Crippen LogP contribution >= 0.6 is 0 Å². The molecule has 0 atom stereocenters. The summed E-state index contributed by atoms with van der Waals surface area (Å²) in [6, 6.07) is 4.53. The largest absolute Gasteiger partial charge is 0.392 e. The maximum atomic E-state index is 9.01. The average molecular weight is 249 g/mol. The third-order valence-electron chi connectivity index (χ3n) is 3.91. The summed E-state index contributed by atoms with van der Waals surface area (Å²) in [6.07, 6.45) is 4.16. The SMILES string of the molecule is CCN1CCC(N(C)c2ccc(CO)cn2)CC1. The van der Waals surface area contributed by atoms with Gasteiger partial charge in [-0.25, -0.2) is 4.98 Å². The van der Waals surface area contributed by atoms with Crippen molar-refractivity contribution in [3.8, 4) is 0 Å². The number of likely N-dealkylation sites (tertiary alicyclic amines) is 1. The molecular weight excluding hydrogens is 226 g/mol. The molecule has 0 aromatic carbocycles. The number of hydrogen-bond donors (Lipinski definition) is 1. The number of nitrogens with zero attached hydrogens (tertiary/aromatic N) is 3. The Hall–Kier alpha value is -1.13. The van der Waals surface area contributed by atoms with Gasteiger partial charge in [-0.05, 0) is 31.0 Å². The Kier molecular flexibility index (Phi) is 4.55. The number of piperidine rings is 1. The van der Waals surface area contributed by atoms with E-state index in [0.29, 0.717) is 6.04 Å². The van der Waals surface area contributed by atoms with Gasteiger partial charge in [-0.3, -0.25) is 0 Å². The van der Waals surface area contributed by atoms with Gasteiger partial charge >= 0.3 is 0 Å². The van der Waals surface area contributed by atoms with E-state index >= 15 is 0 Å². The van der Waals surface area contributed by atoms with Gasteiger partial charge in [0.15, 0.2) is 0 Å². The third-order valence-corrected chi connectivity index (χ3v) is 3.91. The predicted molar refractivity (Wildman–Crippen MR) is 73.7 cm³/mol. The highest BCUT2D eigenvalue weighted by molar-refractivity contribution is 5.39. The number of aliphatic hydroxyl groups is 1. The van der Waals surface area contributed by atoms with Crippen molar-refractivity contribution in [2.75, 3.05) is 31.6 Å². The Morgan fingerprint density at radius 2 is 2.11 bits per heavy atom. The van der Waals surface area contributed by atoms with Gasteiger partial charge in [0.1, 0.15) is 5.82 Å². The molecule has 0 spiro atoms. The maximum absolute atomic E-state index is 9.01. The Morgan fingerprint density at radius 1 is 1.39 bits per heavy atom. The number of rotatable bonds is 4. The van der Waals surface area contributed by atoms with Gasteiger partial charge in [0, 0.05) is 32.4 Å². The van der Waals surface area contributed by atoms with Gasteiger partial charge in [0.2, 0.25) is 0 Å². The minimum absolute atomic E-state index is 0.0614. The maximum Gasteiger partial charge on any atom is 0.128 e. The first kappa shape index (κ1) is 13.3. The highest BCUT2D eigenvalue weighted by atomic mass is 16.3. The molecule has 18 heavy (non-hydrogen) atoms. The van der Waals surface area contributed by atoms with Crippen LogP contribution in [0.5, 0.6) is 0 Å². The molecule has 1 aliphatic heterocycles. The monoisotopic (exact) mass is 249 g/mol. The van der Waals surface area contributed by atoms with Crippen molar-refractivity contribution in [3.05, 3.63) is 23.9 Å². The van der Waals surface area contributed by atoms with Crippen LogP contribution < -0.4 is 4.90 Å². The first-order chi connectivity index (χ1) is 8.74. The second-order valence-electron chi connectivity index (χ2n) is 4.96. The standard InChI is InChI=1S/C14H23N3O/c1-3-17-8-6-13(7-9-17)16(2)14-5-4-12(11-18)10-15-14/h4-5,10,13,18H,3,6-9,11H2,1-2H3. The normalized spacial score (nSPS) is 17.9. The summed E-state index contributed by atoms with van der Waals surface area (Å²) in [6.45, 7) is 5.80. The van der Waals surface area contributed by atoms with Crippen LogP contribution in [0.2, 0.25) is 0 Å². The number of pyridine rings is 1. The summed E-state index contributed by atoms with van der Waals surface area (Å²) in [5.41, 5.74) is 0.868. The quantitative estimate of drug-likeness (QED) is 0.877. The lowest BCUT2D eigenvalue weighted by Gasteiger charge is -2.36. The smallest absolute Gasteiger partial charge is 0.128 e. The molecule has 0 amide bonds. The topological polar surface area (TPSA) is 39.6 Å². The molecule has 2 rings (SSSR count). The van der Waals surface area contributed by atoms with Crippen LogP contribution in [0.1, 0.15) is 25.3 Å². The zero-order valence-electron chi connectivity index (χ0n) is 11.3. The predicted octanol–water partition coefficient (Wildman–Crippen LogP) is 1.49. The first-order valence-corrected chi connectivity index (χ1v) is 6.75. The lowest BCUT2D eigenvalue weighted by Crippen LogP contribution is -2.43. The van der Waals surface area contributed by atoms with E-state index in [-0.39, 0.29) is 6.61 Å². The molecule has 100 valence electrons. The van der Waals surface area contributed by atoms with Crippen LogP contribution in [0, 0.1) is 0 Å². The van der Waals surface area contributed by atoms with Crippen molar-refractivity contribution in [3.63, 3.8) is 0 Å². The molecule has 1 aliphatic rings. The minimum Gasteiger partial charge on any atom is -0.392 e. The van der Waals surface area contributed by atoms with E-state index in [2.05, 4.69) is 28.8 Å². The number of hydrogen-bond acceptors (Lipinski definition) is 4. The molecule has 0 unspecified atom stereocenters. The van der Waals surface area contributed by atoms with Gasteiger partial charge < -0.3 is 14.9 Å². The van der Waals surface area contributed by atoms with Gasteiger partial charge in [0.25, 0.3) is 0 Å². The van der Waals surface area contributed by atoms with Crippen LogP contribution in [-0.4, -0.2) is 47.7 Å². The highest BCUT2D eigenvalue weighted by Crippen LogP contribution is 2.20. The fourth-order valence-electron chi connectivity index (χ4n) is 2.53. The molecule has 0 radical (unpaired) electrons. The Bertz CT molecular complexity index is 358. The molecule has 1 saturated heterocycles. The van der Waals surface area contributed by atoms with Crippen molar-refractivity contribution in [2.45, 2.75) is 32.4 Å². The number of aliphatic hydroxyl groups excluding tert-OH is 1. The van der Waals surface area contributed by atoms with E-state index < -0.39 is 0 Å². The Balaban J connectivity index is 1.96. The van der Waals surface area contributed by atoms with E-state index in [1.165, 1.54) is 25.9 Å². The van der Waals surface area contributed by atoms with Crippen LogP contribution in [0.25, 0.3) is 0 Å². The molecule has 1 N–H and O–H groups in total. The summed E-state index contributed by atoms with van der Waals surface area (Å²) in [5.74, 6) is 1.00. The van der Waals surface area contributed by atoms with Crippen LogP contribution in [-0.2, 0) is 6.61 Å². The molecule has 2 heterocycles. The van der Waals surface area contributed by atoms with Gasteiger partial charge in [-0.2, -0.15) is 0 Å². The van der Waals surface area contributed by atoms with Crippen molar-refractivity contribution in [2.24, 2.45) is 0 Å². The average Bonchev–Trinajstić information content (AvgIpc) is 2.47. The summed E-state index contributed by atoms with van der Waals surface area (Å²) in [7, 11) is 2.12. The second-order valence-corrected chi connectivity index (χ2v) is 4.96. The molecule has 0 aliphatic carbocycles. The van der Waals surface area contributed by atoms with Crippen molar-refractivity contribution >= 4 is 5.82 Å². The van der Waals surface area contributed by atoms with Crippen LogP contribution in [0.4, 0.5) is 5.82 Å². The molecule has 0 saturated carbocycles. The summed E-state index contributed by atoms with van der Waals surface area (Å²) < 4.78 is 0. The molecule has 1 aromatic rings. The van der Waals surface area contributed by atoms with Crippen molar-refractivity contribution < 1.29 is 5.11 Å².